The molecular formula is C5H9NO3. The summed E-state index contributed by atoms with van der Waals surface area (Å²) in [6.45, 7) is 4.94. The highest BCUT2D eigenvalue weighted by Gasteiger charge is 1.98. The molecule has 0 fully saturated rings. The molecule has 0 aliphatic heterocycles. The van der Waals surface area contributed by atoms with Crippen molar-refractivity contribution >= 4 is 12.7 Å². The lowest BCUT2D eigenvalue weighted by molar-refractivity contribution is -0.148. The summed E-state index contributed by atoms with van der Waals surface area (Å²) in [6.07, 6.45) is 0. The Labute approximate surface area is 53.4 Å². The van der Waals surface area contributed by atoms with Crippen LogP contribution >= 0.6 is 0 Å². The van der Waals surface area contributed by atoms with Gasteiger partial charge in [0.2, 0.25) is 6.61 Å². The number of nitrogens with zero attached hydrogens (tertiary/aromatic N) is 1. The molecule has 0 bridgehead atoms. The van der Waals surface area contributed by atoms with Crippen molar-refractivity contribution in [2.75, 3.05) is 13.2 Å². The van der Waals surface area contributed by atoms with Crippen LogP contribution in [0.2, 0.25) is 0 Å². The SMILES string of the molecule is C=NOCC(=O)OCC. The van der Waals surface area contributed by atoms with Gasteiger partial charge in [-0.15, -0.1) is 5.16 Å². The average Bonchev–Trinajstić information content (AvgIpc) is 1.85. The molecule has 0 aromatic rings. The second kappa shape index (κ2) is 5.08. The molecule has 0 aromatic heterocycles. The van der Waals surface area contributed by atoms with Crippen LogP contribution in [0.5, 0.6) is 0 Å². The van der Waals surface area contributed by atoms with Gasteiger partial charge in [0, 0.05) is 6.72 Å². The smallest absolute Gasteiger partial charge is 0.347 e. The van der Waals surface area contributed by atoms with E-state index in [2.05, 4.69) is 21.4 Å². The lowest BCUT2D eigenvalue weighted by Crippen LogP contribution is -2.09. The van der Waals surface area contributed by atoms with Gasteiger partial charge in [0.05, 0.1) is 6.61 Å². The van der Waals surface area contributed by atoms with Gasteiger partial charge >= 0.3 is 5.97 Å². The molecule has 0 atom stereocenters. The number of hydrogen-bond acceptors (Lipinski definition) is 4. The van der Waals surface area contributed by atoms with E-state index in [1.165, 1.54) is 0 Å². The average molecular weight is 131 g/mol. The lowest BCUT2D eigenvalue weighted by atomic mass is 10.7. The topological polar surface area (TPSA) is 47.9 Å². The molecule has 0 radical (unpaired) electrons. The maximum absolute atomic E-state index is 10.4. The second-order valence-electron chi connectivity index (χ2n) is 1.21. The third-order valence-corrected chi connectivity index (χ3v) is 0.579. The predicted molar refractivity (Wildman–Crippen MR) is 32.1 cm³/mol. The molecule has 0 aromatic carbocycles. The normalized spacial score (nSPS) is 8.11. The van der Waals surface area contributed by atoms with E-state index < -0.39 is 5.97 Å². The van der Waals surface area contributed by atoms with Crippen LogP contribution in [0.1, 0.15) is 6.92 Å². The van der Waals surface area contributed by atoms with Crippen molar-refractivity contribution < 1.29 is 14.4 Å². The van der Waals surface area contributed by atoms with Crippen molar-refractivity contribution in [2.24, 2.45) is 5.16 Å². The molecule has 0 aliphatic carbocycles. The Bertz CT molecular complexity index is 102. The number of rotatable bonds is 4. The quantitative estimate of drug-likeness (QED) is 0.310. The highest BCUT2D eigenvalue weighted by molar-refractivity contribution is 5.70. The minimum atomic E-state index is -0.426. The predicted octanol–water partition coefficient (Wildman–Crippen LogP) is 0.182. The number of esters is 1. The van der Waals surface area contributed by atoms with Crippen molar-refractivity contribution in [1.82, 2.24) is 0 Å². The molecule has 9 heavy (non-hydrogen) atoms. The van der Waals surface area contributed by atoms with Gasteiger partial charge in [0.15, 0.2) is 0 Å². The van der Waals surface area contributed by atoms with E-state index in [9.17, 15) is 4.79 Å². The molecule has 52 valence electrons. The van der Waals surface area contributed by atoms with Crippen LogP contribution in [0.4, 0.5) is 0 Å². The molecule has 0 N–H and O–H groups in total. The monoisotopic (exact) mass is 131 g/mol. The summed E-state index contributed by atoms with van der Waals surface area (Å²) >= 11 is 0. The van der Waals surface area contributed by atoms with Crippen molar-refractivity contribution in [3.8, 4) is 0 Å². The highest BCUT2D eigenvalue weighted by atomic mass is 16.6. The number of oxime groups is 1. The van der Waals surface area contributed by atoms with Gasteiger partial charge in [-0.25, -0.2) is 4.79 Å². The van der Waals surface area contributed by atoms with E-state index in [0.717, 1.165) is 0 Å². The molecule has 0 aliphatic rings. The first kappa shape index (κ1) is 7.94. The van der Waals surface area contributed by atoms with Gasteiger partial charge in [0.25, 0.3) is 0 Å². The van der Waals surface area contributed by atoms with Gasteiger partial charge in [-0.3, -0.25) is 0 Å². The highest BCUT2D eigenvalue weighted by Crippen LogP contribution is 1.79. The molecular weight excluding hydrogens is 122 g/mol. The largest absolute Gasteiger partial charge is 0.463 e. The minimum Gasteiger partial charge on any atom is -0.463 e. The van der Waals surface area contributed by atoms with E-state index >= 15 is 0 Å². The van der Waals surface area contributed by atoms with Crippen LogP contribution in [-0.4, -0.2) is 25.9 Å². The number of ether oxygens (including phenoxy) is 1. The van der Waals surface area contributed by atoms with Crippen LogP contribution in [0, 0.1) is 0 Å². The first-order valence-corrected chi connectivity index (χ1v) is 2.55. The molecule has 4 nitrogen and oxygen atoms in total. The molecule has 0 rings (SSSR count). The molecule has 0 saturated heterocycles. The molecule has 0 saturated carbocycles. The Balaban J connectivity index is 3.16. The Hall–Kier alpha value is -1.06. The Morgan fingerprint density at radius 2 is 2.44 bits per heavy atom. The van der Waals surface area contributed by atoms with E-state index in [0.29, 0.717) is 6.61 Å². The third-order valence-electron chi connectivity index (χ3n) is 0.579. The zero-order valence-corrected chi connectivity index (χ0v) is 5.29. The number of carbonyl (C=O) groups excluding carboxylic acids is 1. The Morgan fingerprint density at radius 3 is 2.89 bits per heavy atom. The molecule has 0 spiro atoms. The summed E-state index contributed by atoms with van der Waals surface area (Å²) in [4.78, 5) is 14.7. The van der Waals surface area contributed by atoms with Gasteiger partial charge in [0.1, 0.15) is 0 Å². The van der Waals surface area contributed by atoms with Crippen LogP contribution in [0.3, 0.4) is 0 Å². The standard InChI is InChI=1S/C5H9NO3/c1-3-8-5(7)4-9-6-2/h2-4H2,1H3. The molecule has 0 amide bonds. The van der Waals surface area contributed by atoms with Crippen molar-refractivity contribution in [3.05, 3.63) is 0 Å². The van der Waals surface area contributed by atoms with Gasteiger partial charge in [-0.2, -0.15) is 0 Å². The lowest BCUT2D eigenvalue weighted by Gasteiger charge is -1.97. The Kier molecular flexibility index (Phi) is 4.49. The zero-order chi connectivity index (χ0) is 7.11. The van der Waals surface area contributed by atoms with E-state index in [1.807, 2.05) is 0 Å². The van der Waals surface area contributed by atoms with E-state index in [4.69, 9.17) is 0 Å². The van der Waals surface area contributed by atoms with Crippen molar-refractivity contribution in [3.63, 3.8) is 0 Å². The van der Waals surface area contributed by atoms with Crippen LogP contribution in [0.25, 0.3) is 0 Å². The zero-order valence-electron chi connectivity index (χ0n) is 5.29. The van der Waals surface area contributed by atoms with Gasteiger partial charge < -0.3 is 9.57 Å². The minimum absolute atomic E-state index is 0.155. The fourth-order valence-corrected chi connectivity index (χ4v) is 0.301. The molecule has 0 unspecified atom stereocenters. The summed E-state index contributed by atoms with van der Waals surface area (Å²) < 4.78 is 4.49. The summed E-state index contributed by atoms with van der Waals surface area (Å²) in [5.41, 5.74) is 0. The number of carbonyl (C=O) groups is 1. The molecule has 0 heterocycles. The Morgan fingerprint density at radius 1 is 1.78 bits per heavy atom. The van der Waals surface area contributed by atoms with Gasteiger partial charge in [-0.1, -0.05) is 0 Å². The van der Waals surface area contributed by atoms with Gasteiger partial charge in [-0.05, 0) is 6.92 Å². The van der Waals surface area contributed by atoms with Crippen molar-refractivity contribution in [1.29, 1.82) is 0 Å². The fraction of sp³-hybridized carbons (Fsp3) is 0.600. The summed E-state index contributed by atoms with van der Waals surface area (Å²) in [5.74, 6) is -0.426. The van der Waals surface area contributed by atoms with Crippen molar-refractivity contribution in [2.45, 2.75) is 6.92 Å². The van der Waals surface area contributed by atoms with Crippen LogP contribution in [0.15, 0.2) is 5.16 Å². The number of hydrogen-bond donors (Lipinski definition) is 0. The van der Waals surface area contributed by atoms with E-state index in [-0.39, 0.29) is 6.61 Å². The molecule has 4 heteroatoms. The van der Waals surface area contributed by atoms with Crippen LogP contribution in [-0.2, 0) is 14.4 Å². The maximum atomic E-state index is 10.4. The summed E-state index contributed by atoms with van der Waals surface area (Å²) in [7, 11) is 0. The first-order chi connectivity index (χ1) is 4.31. The second-order valence-corrected chi connectivity index (χ2v) is 1.21. The van der Waals surface area contributed by atoms with Crippen LogP contribution < -0.4 is 0 Å². The summed E-state index contributed by atoms with van der Waals surface area (Å²) in [5, 5.41) is 3.01. The first-order valence-electron chi connectivity index (χ1n) is 2.55. The summed E-state index contributed by atoms with van der Waals surface area (Å²) in [6, 6.07) is 0. The third kappa shape index (κ3) is 4.80. The van der Waals surface area contributed by atoms with E-state index in [1.54, 1.807) is 6.92 Å². The fourth-order valence-electron chi connectivity index (χ4n) is 0.301. The maximum Gasteiger partial charge on any atom is 0.347 e.